The zero-order valence-electron chi connectivity index (χ0n) is 13.4. The predicted octanol–water partition coefficient (Wildman–Crippen LogP) is 4.95. The first-order valence-electron chi connectivity index (χ1n) is 7.43. The Bertz CT molecular complexity index is 994. The van der Waals surface area contributed by atoms with Gasteiger partial charge in [0, 0.05) is 22.7 Å². The number of phenolic OH excluding ortho intramolecular Hbond substituents is 1. The number of phenols is 1. The van der Waals surface area contributed by atoms with E-state index < -0.39 is 16.1 Å². The SMILES string of the molecule is O=C1S/C(=C\c2cc([N+](=O)[O-])cc(Br)c2O)C(=O)N1Cc1ccc(Cl)cc1. The standard InChI is InChI=1S/C17H10BrClN2O5S/c18-13-7-12(21(25)26)5-10(15(13)22)6-14-16(23)20(17(24)27-14)8-9-1-3-11(19)4-2-9/h1-7,22H,8H2/b14-6-. The number of non-ortho nitro benzene ring substituents is 1. The second-order valence-electron chi connectivity index (χ2n) is 5.52. The molecule has 2 amide bonds. The molecule has 0 atom stereocenters. The molecule has 0 aliphatic carbocycles. The molecule has 2 aromatic carbocycles. The first-order chi connectivity index (χ1) is 12.8. The van der Waals surface area contributed by atoms with Crippen LogP contribution in [0, 0.1) is 10.1 Å². The molecule has 2 aromatic rings. The van der Waals surface area contributed by atoms with E-state index in [0.29, 0.717) is 16.8 Å². The fourth-order valence-corrected chi connectivity index (χ4v) is 3.79. The monoisotopic (exact) mass is 468 g/mol. The van der Waals surface area contributed by atoms with E-state index in [4.69, 9.17) is 11.6 Å². The maximum Gasteiger partial charge on any atom is 0.293 e. The number of carbonyl (C=O) groups excluding carboxylic acids is 2. The van der Waals surface area contributed by atoms with E-state index in [1.807, 2.05) is 0 Å². The molecule has 7 nitrogen and oxygen atoms in total. The quantitative estimate of drug-likeness (QED) is 0.386. The van der Waals surface area contributed by atoms with Crippen LogP contribution in [0.1, 0.15) is 11.1 Å². The van der Waals surface area contributed by atoms with Crippen LogP contribution in [0.4, 0.5) is 10.5 Å². The van der Waals surface area contributed by atoms with Gasteiger partial charge in [-0.05, 0) is 51.5 Å². The molecular formula is C17H10BrClN2O5S. The molecule has 1 heterocycles. The Labute approximate surface area is 170 Å². The number of thioether (sulfide) groups is 1. The highest BCUT2D eigenvalue weighted by atomic mass is 79.9. The van der Waals surface area contributed by atoms with Gasteiger partial charge in [-0.3, -0.25) is 24.6 Å². The maximum absolute atomic E-state index is 12.6. The molecule has 0 radical (unpaired) electrons. The van der Waals surface area contributed by atoms with Gasteiger partial charge < -0.3 is 5.11 Å². The number of nitro benzene ring substituents is 1. The Morgan fingerprint density at radius 3 is 2.56 bits per heavy atom. The van der Waals surface area contributed by atoms with Gasteiger partial charge >= 0.3 is 0 Å². The van der Waals surface area contributed by atoms with E-state index >= 15 is 0 Å². The minimum absolute atomic E-state index is 0.0630. The van der Waals surface area contributed by atoms with Crippen molar-refractivity contribution in [2.24, 2.45) is 0 Å². The minimum atomic E-state index is -0.617. The van der Waals surface area contributed by atoms with Crippen LogP contribution in [0.25, 0.3) is 6.08 Å². The van der Waals surface area contributed by atoms with Gasteiger partial charge in [-0.1, -0.05) is 23.7 Å². The van der Waals surface area contributed by atoms with Crippen LogP contribution >= 0.6 is 39.3 Å². The van der Waals surface area contributed by atoms with Gasteiger partial charge in [-0.2, -0.15) is 0 Å². The molecular weight excluding hydrogens is 460 g/mol. The summed E-state index contributed by atoms with van der Waals surface area (Å²) in [6.07, 6.45) is 1.26. The summed E-state index contributed by atoms with van der Waals surface area (Å²) < 4.78 is 0.114. The fraction of sp³-hybridized carbons (Fsp3) is 0.0588. The number of aromatic hydroxyl groups is 1. The first-order valence-corrected chi connectivity index (χ1v) is 9.41. The van der Waals surface area contributed by atoms with E-state index in [1.165, 1.54) is 6.08 Å². The molecule has 1 saturated heterocycles. The Morgan fingerprint density at radius 1 is 1.26 bits per heavy atom. The largest absolute Gasteiger partial charge is 0.506 e. The summed E-state index contributed by atoms with van der Waals surface area (Å²) in [6.45, 7) is 0.0732. The van der Waals surface area contributed by atoms with Gasteiger partial charge in [-0.15, -0.1) is 0 Å². The van der Waals surface area contributed by atoms with Gasteiger partial charge in [0.25, 0.3) is 16.8 Å². The molecule has 138 valence electrons. The molecule has 1 aliphatic rings. The van der Waals surface area contributed by atoms with Crippen molar-refractivity contribution >= 4 is 62.2 Å². The summed E-state index contributed by atoms with van der Waals surface area (Å²) in [7, 11) is 0. The fourth-order valence-electron chi connectivity index (χ4n) is 2.37. The average molecular weight is 470 g/mol. The number of benzene rings is 2. The third-order valence-electron chi connectivity index (χ3n) is 3.70. The molecule has 0 spiro atoms. The number of hydrogen-bond donors (Lipinski definition) is 1. The lowest BCUT2D eigenvalue weighted by Gasteiger charge is -2.12. The summed E-state index contributed by atoms with van der Waals surface area (Å²) in [4.78, 5) is 36.3. The van der Waals surface area contributed by atoms with E-state index in [0.717, 1.165) is 22.6 Å². The Balaban J connectivity index is 1.90. The van der Waals surface area contributed by atoms with E-state index in [1.54, 1.807) is 24.3 Å². The van der Waals surface area contributed by atoms with Crippen molar-refractivity contribution < 1.29 is 19.6 Å². The number of rotatable bonds is 4. The molecule has 0 bridgehead atoms. The van der Waals surface area contributed by atoms with Crippen LogP contribution in [-0.4, -0.2) is 26.1 Å². The summed E-state index contributed by atoms with van der Waals surface area (Å²) >= 11 is 9.57. The van der Waals surface area contributed by atoms with Crippen molar-refractivity contribution in [1.29, 1.82) is 0 Å². The van der Waals surface area contributed by atoms with Gasteiger partial charge in [0.15, 0.2) is 0 Å². The van der Waals surface area contributed by atoms with Gasteiger partial charge in [0.1, 0.15) is 5.75 Å². The van der Waals surface area contributed by atoms with Crippen LogP contribution in [0.5, 0.6) is 5.75 Å². The summed E-state index contributed by atoms with van der Waals surface area (Å²) in [5.74, 6) is -0.799. The maximum atomic E-state index is 12.6. The Kier molecular flexibility index (Phi) is 5.54. The Hall–Kier alpha value is -2.36. The smallest absolute Gasteiger partial charge is 0.293 e. The number of hydrogen-bond acceptors (Lipinski definition) is 6. The number of amides is 2. The third kappa shape index (κ3) is 4.15. The van der Waals surface area contributed by atoms with E-state index in [2.05, 4.69) is 15.9 Å². The lowest BCUT2D eigenvalue weighted by Crippen LogP contribution is -2.27. The Morgan fingerprint density at radius 2 is 1.93 bits per heavy atom. The zero-order chi connectivity index (χ0) is 19.7. The van der Waals surface area contributed by atoms with Crippen LogP contribution in [0.3, 0.4) is 0 Å². The van der Waals surface area contributed by atoms with E-state index in [9.17, 15) is 24.8 Å². The van der Waals surface area contributed by atoms with Gasteiger partial charge in [-0.25, -0.2) is 0 Å². The predicted molar refractivity (Wildman–Crippen MR) is 105 cm³/mol. The highest BCUT2D eigenvalue weighted by Gasteiger charge is 2.35. The van der Waals surface area contributed by atoms with Crippen LogP contribution in [0.15, 0.2) is 45.8 Å². The lowest BCUT2D eigenvalue weighted by atomic mass is 10.1. The first kappa shape index (κ1) is 19.4. The number of nitrogens with zero attached hydrogens (tertiary/aromatic N) is 2. The van der Waals surface area contributed by atoms with Crippen LogP contribution in [0.2, 0.25) is 5.02 Å². The van der Waals surface area contributed by atoms with Gasteiger partial charge in [0.05, 0.1) is 20.8 Å². The third-order valence-corrected chi connectivity index (χ3v) is 5.47. The molecule has 1 fully saturated rings. The van der Waals surface area contributed by atoms with Crippen LogP contribution < -0.4 is 0 Å². The second-order valence-corrected chi connectivity index (χ2v) is 7.80. The molecule has 27 heavy (non-hydrogen) atoms. The molecule has 0 saturated carbocycles. The van der Waals surface area contributed by atoms with Gasteiger partial charge in [0.2, 0.25) is 0 Å². The molecule has 10 heteroatoms. The topological polar surface area (TPSA) is 101 Å². The normalized spacial score (nSPS) is 15.6. The minimum Gasteiger partial charge on any atom is -0.506 e. The zero-order valence-corrected chi connectivity index (χ0v) is 16.5. The average Bonchev–Trinajstić information content (AvgIpc) is 2.88. The second kappa shape index (κ2) is 7.71. The molecule has 0 aromatic heterocycles. The number of imide groups is 1. The lowest BCUT2D eigenvalue weighted by molar-refractivity contribution is -0.385. The number of carbonyl (C=O) groups is 2. The van der Waals surface area contributed by atoms with Crippen molar-refractivity contribution in [3.63, 3.8) is 0 Å². The molecule has 3 rings (SSSR count). The number of halogens is 2. The summed E-state index contributed by atoms with van der Waals surface area (Å²) in [5.41, 5.74) is 0.531. The summed E-state index contributed by atoms with van der Waals surface area (Å²) in [6, 6.07) is 9.01. The highest BCUT2D eigenvalue weighted by Crippen LogP contribution is 2.38. The van der Waals surface area contributed by atoms with Crippen molar-refractivity contribution in [2.75, 3.05) is 0 Å². The van der Waals surface area contributed by atoms with Crippen molar-refractivity contribution in [1.82, 2.24) is 4.90 Å². The van der Waals surface area contributed by atoms with E-state index in [-0.39, 0.29) is 32.9 Å². The van der Waals surface area contributed by atoms with Crippen molar-refractivity contribution in [3.05, 3.63) is 72.0 Å². The molecule has 1 aliphatic heterocycles. The van der Waals surface area contributed by atoms with Crippen molar-refractivity contribution in [3.8, 4) is 5.75 Å². The summed E-state index contributed by atoms with van der Waals surface area (Å²) in [5, 5.41) is 21.2. The van der Waals surface area contributed by atoms with Crippen molar-refractivity contribution in [2.45, 2.75) is 6.54 Å². The molecule has 1 N–H and O–H groups in total. The number of nitro groups is 1. The van der Waals surface area contributed by atoms with Crippen LogP contribution in [-0.2, 0) is 11.3 Å². The highest BCUT2D eigenvalue weighted by molar-refractivity contribution is 9.10. The molecule has 0 unspecified atom stereocenters.